The molecule has 1 heterocycles. The molecule has 2 aliphatic rings. The molecule has 1 saturated heterocycles. The highest BCUT2D eigenvalue weighted by Gasteiger charge is 2.47. The van der Waals surface area contributed by atoms with Crippen LogP contribution in [-0.4, -0.2) is 30.6 Å². The minimum absolute atomic E-state index is 0.539. The topological polar surface area (TPSA) is 15.3 Å². The van der Waals surface area contributed by atoms with Gasteiger partial charge in [-0.25, -0.2) is 0 Å². The minimum atomic E-state index is 0.539. The Balaban J connectivity index is 1.74. The van der Waals surface area contributed by atoms with E-state index in [1.165, 1.54) is 25.1 Å². The fourth-order valence-electron chi connectivity index (χ4n) is 3.66. The van der Waals surface area contributed by atoms with Crippen molar-refractivity contribution in [1.29, 1.82) is 0 Å². The molecule has 2 nitrogen and oxygen atoms in total. The first-order valence-corrected chi connectivity index (χ1v) is 8.50. The number of hydrogen-bond donors (Lipinski definition) is 1. The summed E-state index contributed by atoms with van der Waals surface area (Å²) in [6, 6.07) is 12.2. The van der Waals surface area contributed by atoms with Crippen LogP contribution in [0.5, 0.6) is 0 Å². The first-order chi connectivity index (χ1) is 9.97. The Morgan fingerprint density at radius 3 is 2.48 bits per heavy atom. The first kappa shape index (κ1) is 15.1. The van der Waals surface area contributed by atoms with Gasteiger partial charge in [0.2, 0.25) is 0 Å². The molecule has 2 heteroatoms. The number of nitrogens with zero attached hydrogens (tertiary/aromatic N) is 1. The molecule has 0 aromatic heterocycles. The average molecular weight is 286 g/mol. The third-order valence-corrected chi connectivity index (χ3v) is 5.61. The van der Waals surface area contributed by atoms with Crippen molar-refractivity contribution in [1.82, 2.24) is 10.2 Å². The summed E-state index contributed by atoms with van der Waals surface area (Å²) in [7, 11) is 0. The van der Waals surface area contributed by atoms with Gasteiger partial charge in [0.1, 0.15) is 0 Å². The minimum Gasteiger partial charge on any atom is -0.311 e. The molecule has 2 fully saturated rings. The highest BCUT2D eigenvalue weighted by atomic mass is 15.2. The molecular formula is C19H30N2. The lowest BCUT2D eigenvalue weighted by atomic mass is 9.95. The summed E-state index contributed by atoms with van der Waals surface area (Å²) in [5.41, 5.74) is 2.03. The average Bonchev–Trinajstić information content (AvgIpc) is 3.06. The molecule has 3 rings (SSSR count). The zero-order valence-corrected chi connectivity index (χ0v) is 14.0. The smallest absolute Gasteiger partial charge is 0.0473 e. The Kier molecular flexibility index (Phi) is 4.11. The molecule has 1 aliphatic heterocycles. The lowest BCUT2D eigenvalue weighted by Gasteiger charge is -2.42. The number of benzene rings is 1. The molecule has 0 spiro atoms. The fourth-order valence-corrected chi connectivity index (χ4v) is 3.66. The Morgan fingerprint density at radius 2 is 1.90 bits per heavy atom. The summed E-state index contributed by atoms with van der Waals surface area (Å²) in [6.45, 7) is 13.0. The molecule has 1 saturated carbocycles. The molecule has 1 aromatic carbocycles. The summed E-state index contributed by atoms with van der Waals surface area (Å²) in [6.07, 6.45) is 1.39. The van der Waals surface area contributed by atoms with Gasteiger partial charge >= 0.3 is 0 Å². The molecular weight excluding hydrogens is 256 g/mol. The van der Waals surface area contributed by atoms with Gasteiger partial charge in [-0.2, -0.15) is 0 Å². The van der Waals surface area contributed by atoms with Gasteiger partial charge in [0.15, 0.2) is 0 Å². The Bertz CT molecular complexity index is 464. The van der Waals surface area contributed by atoms with Gasteiger partial charge in [0.25, 0.3) is 0 Å². The van der Waals surface area contributed by atoms with Gasteiger partial charge in [0, 0.05) is 31.7 Å². The van der Waals surface area contributed by atoms with Crippen molar-refractivity contribution in [3.05, 3.63) is 35.9 Å². The summed E-state index contributed by atoms with van der Waals surface area (Å²) >= 11 is 0. The van der Waals surface area contributed by atoms with Crippen molar-refractivity contribution in [3.8, 4) is 0 Å². The van der Waals surface area contributed by atoms with Crippen LogP contribution in [0.15, 0.2) is 30.3 Å². The van der Waals surface area contributed by atoms with Crippen molar-refractivity contribution < 1.29 is 0 Å². The van der Waals surface area contributed by atoms with Crippen LogP contribution in [-0.2, 0) is 0 Å². The zero-order valence-electron chi connectivity index (χ0n) is 14.0. The van der Waals surface area contributed by atoms with Crippen molar-refractivity contribution in [2.45, 2.75) is 46.2 Å². The largest absolute Gasteiger partial charge is 0.311 e. The lowest BCUT2D eigenvalue weighted by molar-refractivity contribution is 0.104. The molecule has 116 valence electrons. The lowest BCUT2D eigenvalue weighted by Crippen LogP contribution is -2.54. The van der Waals surface area contributed by atoms with E-state index < -0.39 is 0 Å². The Hall–Kier alpha value is -0.860. The number of nitrogens with one attached hydrogen (secondary N) is 1. The van der Waals surface area contributed by atoms with Crippen LogP contribution in [0.3, 0.4) is 0 Å². The third-order valence-electron chi connectivity index (χ3n) is 5.61. The van der Waals surface area contributed by atoms with E-state index in [4.69, 9.17) is 0 Å². The van der Waals surface area contributed by atoms with Gasteiger partial charge in [0.05, 0.1) is 0 Å². The van der Waals surface area contributed by atoms with E-state index in [1.54, 1.807) is 0 Å². The number of hydrogen-bond acceptors (Lipinski definition) is 2. The Morgan fingerprint density at radius 1 is 1.24 bits per heavy atom. The zero-order chi connectivity index (χ0) is 15.0. The summed E-state index contributed by atoms with van der Waals surface area (Å²) in [5.74, 6) is 1.59. The molecule has 0 bridgehead atoms. The maximum atomic E-state index is 3.77. The van der Waals surface area contributed by atoms with E-state index in [-0.39, 0.29) is 0 Å². The molecule has 0 amide bonds. The van der Waals surface area contributed by atoms with Gasteiger partial charge in [-0.3, -0.25) is 4.90 Å². The predicted octanol–water partition coefficient (Wildman–Crippen LogP) is 3.70. The Labute approximate surface area is 129 Å². The molecule has 1 N–H and O–H groups in total. The van der Waals surface area contributed by atoms with Gasteiger partial charge in [-0.05, 0) is 29.2 Å². The summed E-state index contributed by atoms with van der Waals surface area (Å²) < 4.78 is 0. The maximum absolute atomic E-state index is 3.77. The summed E-state index contributed by atoms with van der Waals surface area (Å²) in [5, 5.41) is 3.77. The van der Waals surface area contributed by atoms with Crippen LogP contribution in [0.1, 0.15) is 45.7 Å². The van der Waals surface area contributed by atoms with Gasteiger partial charge < -0.3 is 5.32 Å². The highest BCUT2D eigenvalue weighted by molar-refractivity contribution is 5.20. The van der Waals surface area contributed by atoms with Crippen LogP contribution >= 0.6 is 0 Å². The van der Waals surface area contributed by atoms with E-state index in [0.717, 1.165) is 12.5 Å². The standard InChI is InChI=1S/C19H30N2/c1-14(2)17-13-21(12-16-10-19(16,3)4)18(11-20-17)15-8-6-5-7-9-15/h5-9,14,16-18,20H,10-13H2,1-4H3. The highest BCUT2D eigenvalue weighted by Crippen LogP contribution is 2.52. The van der Waals surface area contributed by atoms with Crippen molar-refractivity contribution in [2.24, 2.45) is 17.3 Å². The number of rotatable bonds is 4. The molecule has 1 aliphatic carbocycles. The van der Waals surface area contributed by atoms with E-state index in [2.05, 4.69) is 68.2 Å². The van der Waals surface area contributed by atoms with E-state index in [0.29, 0.717) is 23.4 Å². The van der Waals surface area contributed by atoms with Gasteiger partial charge in [-0.1, -0.05) is 58.0 Å². The van der Waals surface area contributed by atoms with Crippen LogP contribution < -0.4 is 5.32 Å². The molecule has 21 heavy (non-hydrogen) atoms. The third kappa shape index (κ3) is 3.32. The van der Waals surface area contributed by atoms with Crippen molar-refractivity contribution >= 4 is 0 Å². The summed E-state index contributed by atoms with van der Waals surface area (Å²) in [4.78, 5) is 2.75. The maximum Gasteiger partial charge on any atom is 0.0473 e. The molecule has 0 radical (unpaired) electrons. The van der Waals surface area contributed by atoms with Crippen LogP contribution in [0.25, 0.3) is 0 Å². The van der Waals surface area contributed by atoms with Crippen molar-refractivity contribution in [3.63, 3.8) is 0 Å². The number of piperazine rings is 1. The molecule has 1 aromatic rings. The van der Waals surface area contributed by atoms with E-state index in [9.17, 15) is 0 Å². The van der Waals surface area contributed by atoms with E-state index in [1.807, 2.05) is 0 Å². The normalized spacial score (nSPS) is 32.3. The first-order valence-electron chi connectivity index (χ1n) is 8.50. The fraction of sp³-hybridized carbons (Fsp3) is 0.684. The van der Waals surface area contributed by atoms with Crippen LogP contribution in [0.2, 0.25) is 0 Å². The molecule has 3 atom stereocenters. The van der Waals surface area contributed by atoms with Crippen LogP contribution in [0.4, 0.5) is 0 Å². The van der Waals surface area contributed by atoms with Crippen molar-refractivity contribution in [2.75, 3.05) is 19.6 Å². The molecule has 3 unspecified atom stereocenters. The van der Waals surface area contributed by atoms with Gasteiger partial charge in [-0.15, -0.1) is 0 Å². The van der Waals surface area contributed by atoms with E-state index >= 15 is 0 Å². The second kappa shape index (κ2) is 5.73. The predicted molar refractivity (Wildman–Crippen MR) is 89.3 cm³/mol. The monoisotopic (exact) mass is 286 g/mol. The SMILES string of the molecule is CC(C)C1CN(CC2CC2(C)C)C(c2ccccc2)CN1. The quantitative estimate of drug-likeness (QED) is 0.908. The van der Waals surface area contributed by atoms with Crippen LogP contribution in [0, 0.1) is 17.3 Å². The second-order valence-corrected chi connectivity index (χ2v) is 8.03. The second-order valence-electron chi connectivity index (χ2n) is 8.03.